The number of likely N-dealkylation sites (tertiary alicyclic amines) is 1. The third-order valence-corrected chi connectivity index (χ3v) is 8.03. The number of ether oxygens (including phenoxy) is 1. The lowest BCUT2D eigenvalue weighted by Crippen LogP contribution is -2.53. The number of rotatable bonds is 6. The molecule has 36 heavy (non-hydrogen) atoms. The normalized spacial score (nSPS) is 20.9. The van der Waals surface area contributed by atoms with Crippen LogP contribution in [0.3, 0.4) is 0 Å². The number of thioether (sulfide) groups is 1. The smallest absolute Gasteiger partial charge is 0.444 e. The topological polar surface area (TPSA) is 103 Å². The molecule has 2 amide bonds. The Morgan fingerprint density at radius 2 is 1.64 bits per heavy atom. The van der Waals surface area contributed by atoms with Gasteiger partial charge in [-0.25, -0.2) is 14.8 Å². The molecule has 0 aliphatic carbocycles. The van der Waals surface area contributed by atoms with E-state index >= 15 is 0 Å². The van der Waals surface area contributed by atoms with Gasteiger partial charge in [0.2, 0.25) is 5.91 Å². The van der Waals surface area contributed by atoms with E-state index in [-0.39, 0.29) is 11.8 Å². The minimum atomic E-state index is -0.616. The highest BCUT2D eigenvalue weighted by Gasteiger charge is 2.52. The molecule has 11 heteroatoms. The number of hydrogen-bond acceptors (Lipinski definition) is 8. The van der Waals surface area contributed by atoms with Crippen molar-refractivity contribution >= 4 is 36.3 Å². The molecule has 9 nitrogen and oxygen atoms in total. The van der Waals surface area contributed by atoms with Crippen LogP contribution in [0.25, 0.3) is 0 Å². The average Bonchev–Trinajstić information content (AvgIpc) is 2.98. The summed E-state index contributed by atoms with van der Waals surface area (Å²) in [6.45, 7) is 18.6. The summed E-state index contributed by atoms with van der Waals surface area (Å²) in [5.74, 6) is -0.115. The van der Waals surface area contributed by atoms with E-state index in [2.05, 4.69) is 15.3 Å². The van der Waals surface area contributed by atoms with Gasteiger partial charge in [-0.3, -0.25) is 4.79 Å². The zero-order chi connectivity index (χ0) is 26.9. The monoisotopic (exact) mass is 520 g/mol. The van der Waals surface area contributed by atoms with Crippen LogP contribution in [0.5, 0.6) is 0 Å². The molecule has 1 aromatic heterocycles. The largest absolute Gasteiger partial charge is 0.498 e. The molecule has 200 valence electrons. The Kier molecular flexibility index (Phi) is 8.67. The van der Waals surface area contributed by atoms with Crippen molar-refractivity contribution in [2.24, 2.45) is 5.92 Å². The molecule has 1 N–H and O–H groups in total. The maximum Gasteiger partial charge on any atom is 0.498 e. The van der Waals surface area contributed by atoms with Crippen molar-refractivity contribution in [3.8, 4) is 0 Å². The fraction of sp³-hybridized carbons (Fsp3) is 0.760. The van der Waals surface area contributed by atoms with Gasteiger partial charge >= 0.3 is 13.2 Å². The third-order valence-electron chi connectivity index (χ3n) is 6.80. The van der Waals surface area contributed by atoms with Gasteiger partial charge in [0.15, 0.2) is 5.16 Å². The minimum absolute atomic E-state index is 0.0481. The first-order valence-corrected chi connectivity index (χ1v) is 13.6. The summed E-state index contributed by atoms with van der Waals surface area (Å²) in [5.41, 5.74) is -0.633. The van der Waals surface area contributed by atoms with Gasteiger partial charge in [0, 0.05) is 36.2 Å². The highest BCUT2D eigenvalue weighted by Crippen LogP contribution is 2.36. The molecule has 1 aromatic rings. The lowest BCUT2D eigenvalue weighted by molar-refractivity contribution is -0.135. The van der Waals surface area contributed by atoms with Gasteiger partial charge < -0.3 is 24.3 Å². The number of carbonyl (C=O) groups is 2. The molecule has 0 bridgehead atoms. The number of alkyl carbamates (subject to hydrolysis) is 1. The maximum absolute atomic E-state index is 13.2. The van der Waals surface area contributed by atoms with Gasteiger partial charge in [0.25, 0.3) is 0 Å². The van der Waals surface area contributed by atoms with Crippen LogP contribution in [-0.4, -0.2) is 75.2 Å². The Morgan fingerprint density at radius 3 is 2.11 bits per heavy atom. The molecule has 0 aromatic carbocycles. The van der Waals surface area contributed by atoms with Crippen LogP contribution in [0.2, 0.25) is 0 Å². The van der Waals surface area contributed by atoms with Gasteiger partial charge in [0.05, 0.1) is 11.2 Å². The van der Waals surface area contributed by atoms with E-state index in [0.29, 0.717) is 23.5 Å². The molecule has 1 atom stereocenters. The molecular weight excluding hydrogens is 479 g/mol. The standard InChI is InChI=1S/C25H41BN4O5S/c1-16(2)19(29-22(32)33-23(3,4)5)20(31)30-12-10-18(11-13-30)36-21-27-14-17(15-28-21)26-34-24(6,7)25(8,9)35-26/h14-16,18-19H,10-13H2,1-9H3,(H,29,32)/t19-/m0/s1. The second-order valence-electron chi connectivity index (χ2n) is 11.9. The van der Waals surface area contributed by atoms with Crippen molar-refractivity contribution in [2.75, 3.05) is 13.1 Å². The van der Waals surface area contributed by atoms with Crippen LogP contribution in [0, 0.1) is 5.92 Å². The SMILES string of the molecule is CC(C)[C@H](NC(=O)OC(C)(C)C)C(=O)N1CCC(Sc2ncc(B3OC(C)(C)C(C)(C)O3)cn2)CC1. The van der Waals surface area contributed by atoms with Crippen molar-refractivity contribution < 1.29 is 23.6 Å². The van der Waals surface area contributed by atoms with Gasteiger partial charge in [-0.1, -0.05) is 25.6 Å². The van der Waals surface area contributed by atoms with Crippen molar-refractivity contribution in [2.45, 2.75) is 108 Å². The Balaban J connectivity index is 1.51. The van der Waals surface area contributed by atoms with E-state index in [9.17, 15) is 9.59 Å². The lowest BCUT2D eigenvalue weighted by Gasteiger charge is -2.35. The lowest BCUT2D eigenvalue weighted by atomic mass is 9.81. The molecule has 0 saturated carbocycles. The molecule has 3 rings (SSSR count). The number of hydrogen-bond donors (Lipinski definition) is 1. The highest BCUT2D eigenvalue weighted by molar-refractivity contribution is 7.99. The molecule has 3 heterocycles. The van der Waals surface area contributed by atoms with E-state index in [1.54, 1.807) is 44.9 Å². The Morgan fingerprint density at radius 1 is 1.11 bits per heavy atom. The molecule has 0 radical (unpaired) electrons. The van der Waals surface area contributed by atoms with Crippen molar-refractivity contribution in [1.29, 1.82) is 0 Å². The molecule has 2 aliphatic rings. The van der Waals surface area contributed by atoms with Crippen LogP contribution in [0.15, 0.2) is 17.6 Å². The molecule has 2 saturated heterocycles. The zero-order valence-corrected chi connectivity index (χ0v) is 23.9. The first-order chi connectivity index (χ1) is 16.6. The van der Waals surface area contributed by atoms with Crippen LogP contribution >= 0.6 is 11.8 Å². The summed E-state index contributed by atoms with van der Waals surface area (Å²) >= 11 is 1.63. The van der Waals surface area contributed by atoms with Gasteiger partial charge in [0.1, 0.15) is 11.6 Å². The van der Waals surface area contributed by atoms with E-state index in [1.165, 1.54) is 0 Å². The van der Waals surface area contributed by atoms with Gasteiger partial charge in [-0.05, 0) is 67.2 Å². The molecule has 2 aliphatic heterocycles. The van der Waals surface area contributed by atoms with Gasteiger partial charge in [-0.15, -0.1) is 0 Å². The number of nitrogens with zero attached hydrogens (tertiary/aromatic N) is 3. The molecule has 0 spiro atoms. The predicted molar refractivity (Wildman–Crippen MR) is 141 cm³/mol. The average molecular weight is 521 g/mol. The summed E-state index contributed by atoms with van der Waals surface area (Å²) in [4.78, 5) is 36.3. The molecule has 0 unspecified atom stereocenters. The van der Waals surface area contributed by atoms with Crippen LogP contribution in [-0.2, 0) is 18.8 Å². The van der Waals surface area contributed by atoms with Gasteiger partial charge in [-0.2, -0.15) is 0 Å². The summed E-state index contributed by atoms with van der Waals surface area (Å²) < 4.78 is 17.5. The third kappa shape index (κ3) is 7.13. The van der Waals surface area contributed by atoms with E-state index in [4.69, 9.17) is 14.0 Å². The quantitative estimate of drug-likeness (QED) is 0.450. The van der Waals surface area contributed by atoms with Crippen molar-refractivity contribution in [1.82, 2.24) is 20.2 Å². The summed E-state index contributed by atoms with van der Waals surface area (Å²) in [7, 11) is -0.480. The first-order valence-electron chi connectivity index (χ1n) is 12.7. The number of nitrogens with one attached hydrogen (secondary N) is 1. The maximum atomic E-state index is 13.2. The van der Waals surface area contributed by atoms with Crippen LogP contribution < -0.4 is 10.8 Å². The molecule has 2 fully saturated rings. The number of amides is 2. The Labute approximate surface area is 220 Å². The van der Waals surface area contributed by atoms with Crippen LogP contribution in [0.1, 0.15) is 75.2 Å². The zero-order valence-electron chi connectivity index (χ0n) is 23.1. The Hall–Kier alpha value is -1.85. The van der Waals surface area contributed by atoms with E-state index in [0.717, 1.165) is 18.3 Å². The summed E-state index contributed by atoms with van der Waals surface area (Å²) in [6.07, 6.45) is 4.63. The van der Waals surface area contributed by atoms with E-state index < -0.39 is 36.1 Å². The summed E-state index contributed by atoms with van der Waals surface area (Å²) in [5, 5.41) is 3.78. The van der Waals surface area contributed by atoms with E-state index in [1.807, 2.05) is 46.4 Å². The summed E-state index contributed by atoms with van der Waals surface area (Å²) in [6, 6.07) is -0.616. The highest BCUT2D eigenvalue weighted by atomic mass is 32.2. The second-order valence-corrected chi connectivity index (χ2v) is 13.2. The number of carbonyl (C=O) groups excluding carboxylic acids is 2. The predicted octanol–water partition coefficient (Wildman–Crippen LogP) is 3.41. The molecular formula is C25H41BN4O5S. The first kappa shape index (κ1) is 28.7. The number of piperidine rings is 1. The van der Waals surface area contributed by atoms with Crippen molar-refractivity contribution in [3.05, 3.63) is 12.4 Å². The minimum Gasteiger partial charge on any atom is -0.444 e. The number of aromatic nitrogens is 2. The second kappa shape index (κ2) is 10.9. The van der Waals surface area contributed by atoms with Crippen LogP contribution in [0.4, 0.5) is 4.79 Å². The Bertz CT molecular complexity index is 911. The van der Waals surface area contributed by atoms with Crippen molar-refractivity contribution in [3.63, 3.8) is 0 Å². The fourth-order valence-electron chi connectivity index (χ4n) is 3.98. The fourth-order valence-corrected chi connectivity index (χ4v) is 4.95.